The number of nitrogens with two attached hydrogens (primary N) is 1. The van der Waals surface area contributed by atoms with Crippen LogP contribution < -0.4 is 27.2 Å². The van der Waals surface area contributed by atoms with Gasteiger partial charge in [-0.25, -0.2) is 0 Å². The van der Waals surface area contributed by atoms with Crippen LogP contribution in [0.3, 0.4) is 0 Å². The van der Waals surface area contributed by atoms with E-state index < -0.39 is 0 Å². The van der Waals surface area contributed by atoms with E-state index in [9.17, 15) is 0 Å². The van der Waals surface area contributed by atoms with Crippen LogP contribution in [0.15, 0.2) is 10.2 Å². The zero-order chi connectivity index (χ0) is 14.0. The van der Waals surface area contributed by atoms with Gasteiger partial charge < -0.3 is 16.4 Å². The number of hydrazone groups is 2. The summed E-state index contributed by atoms with van der Waals surface area (Å²) >= 11 is 9.87. The van der Waals surface area contributed by atoms with E-state index in [1.807, 2.05) is 13.8 Å². The summed E-state index contributed by atoms with van der Waals surface area (Å²) in [5.41, 5.74) is 12.1. The van der Waals surface area contributed by atoms with E-state index in [0.29, 0.717) is 34.7 Å². The first kappa shape index (κ1) is 16.7. The van der Waals surface area contributed by atoms with Crippen molar-refractivity contribution in [3.63, 3.8) is 0 Å². The summed E-state index contributed by atoms with van der Waals surface area (Å²) in [5.74, 6) is 0. The zero-order valence-electron chi connectivity index (χ0n) is 10.7. The average Bonchev–Trinajstić information content (AvgIpc) is 2.38. The van der Waals surface area contributed by atoms with Crippen LogP contribution in [0.4, 0.5) is 0 Å². The monoisotopic (exact) mass is 289 g/mol. The summed E-state index contributed by atoms with van der Waals surface area (Å²) in [6.07, 6.45) is 0. The van der Waals surface area contributed by atoms with Crippen LogP contribution in [0, 0.1) is 0 Å². The maximum atomic E-state index is 5.33. The maximum Gasteiger partial charge on any atom is 0.187 e. The molecular formula is C9H19N7S2. The third-order valence-corrected chi connectivity index (χ3v) is 2.36. The minimum Gasteiger partial charge on any atom is -0.364 e. The van der Waals surface area contributed by atoms with Crippen molar-refractivity contribution >= 4 is 46.1 Å². The van der Waals surface area contributed by atoms with Crippen LogP contribution in [0.1, 0.15) is 13.8 Å². The lowest BCUT2D eigenvalue weighted by molar-refractivity contribution is 0.845. The first-order valence-corrected chi connectivity index (χ1v) is 6.13. The Labute approximate surface area is 118 Å². The molecule has 0 atom stereocenters. The van der Waals surface area contributed by atoms with Crippen molar-refractivity contribution in [3.05, 3.63) is 0 Å². The van der Waals surface area contributed by atoms with Crippen LogP contribution in [0.5, 0.6) is 0 Å². The highest BCUT2D eigenvalue weighted by atomic mass is 32.1. The molecular weight excluding hydrogens is 270 g/mol. The van der Waals surface area contributed by atoms with Gasteiger partial charge in [0.05, 0.1) is 11.4 Å². The molecule has 6 N–H and O–H groups in total. The molecule has 0 amide bonds. The number of nitrogens with zero attached hydrogens (tertiary/aromatic N) is 2. The molecule has 9 heteroatoms. The van der Waals surface area contributed by atoms with E-state index in [-0.39, 0.29) is 0 Å². The van der Waals surface area contributed by atoms with Crippen molar-refractivity contribution in [2.45, 2.75) is 13.8 Å². The second kappa shape index (κ2) is 9.68. The van der Waals surface area contributed by atoms with Gasteiger partial charge in [-0.05, 0) is 38.3 Å². The molecule has 7 nitrogen and oxygen atoms in total. The van der Waals surface area contributed by atoms with E-state index in [0.717, 1.165) is 0 Å². The third kappa shape index (κ3) is 7.87. The van der Waals surface area contributed by atoms with E-state index in [2.05, 4.69) is 31.7 Å². The molecule has 0 aromatic carbocycles. The predicted molar refractivity (Wildman–Crippen MR) is 83.8 cm³/mol. The fourth-order valence-electron chi connectivity index (χ4n) is 0.712. The Balaban J connectivity index is 4.23. The van der Waals surface area contributed by atoms with Gasteiger partial charge in [0, 0.05) is 20.1 Å². The number of rotatable bonds is 5. The number of hydrogen-bond donors (Lipinski definition) is 5. The second-order valence-electron chi connectivity index (χ2n) is 3.24. The summed E-state index contributed by atoms with van der Waals surface area (Å²) in [6, 6.07) is 0. The molecule has 0 saturated heterocycles. The van der Waals surface area contributed by atoms with E-state index in [4.69, 9.17) is 30.2 Å². The molecule has 0 aliphatic rings. The first-order valence-electron chi connectivity index (χ1n) is 5.31. The molecule has 0 aromatic heterocycles. The van der Waals surface area contributed by atoms with Gasteiger partial charge >= 0.3 is 0 Å². The molecule has 0 radical (unpaired) electrons. The van der Waals surface area contributed by atoms with E-state index in [1.54, 1.807) is 7.05 Å². The minimum absolute atomic E-state index is 0.423. The topological polar surface area (TPSA) is 98.9 Å². The number of hydrogen-bond acceptors (Lipinski definition) is 5. The lowest BCUT2D eigenvalue weighted by Crippen LogP contribution is -2.36. The molecule has 0 unspecified atom stereocenters. The molecule has 18 heavy (non-hydrogen) atoms. The predicted octanol–water partition coefficient (Wildman–Crippen LogP) is -0.745. The van der Waals surface area contributed by atoms with Gasteiger partial charge in [-0.3, -0.25) is 10.9 Å². The number of nitrogens with one attached hydrogen (secondary N) is 4. The highest BCUT2D eigenvalue weighted by Gasteiger charge is 1.98. The molecule has 0 saturated carbocycles. The van der Waals surface area contributed by atoms with Crippen molar-refractivity contribution in [1.29, 1.82) is 0 Å². The highest BCUT2D eigenvalue weighted by Crippen LogP contribution is 1.82. The van der Waals surface area contributed by atoms with Crippen LogP contribution in [-0.2, 0) is 0 Å². The Morgan fingerprint density at radius 2 is 1.56 bits per heavy atom. The fourth-order valence-corrected chi connectivity index (χ4v) is 0.906. The Morgan fingerprint density at radius 3 is 2.00 bits per heavy atom. The van der Waals surface area contributed by atoms with Crippen molar-refractivity contribution in [2.24, 2.45) is 15.9 Å². The van der Waals surface area contributed by atoms with Gasteiger partial charge in [-0.1, -0.05) is 0 Å². The second-order valence-corrected chi connectivity index (χ2v) is 4.06. The first-order chi connectivity index (χ1) is 8.51. The Morgan fingerprint density at radius 1 is 1.06 bits per heavy atom. The molecule has 102 valence electrons. The van der Waals surface area contributed by atoms with Gasteiger partial charge in [0.1, 0.15) is 0 Å². The number of thiocarbonyl (C=S) groups is 2. The van der Waals surface area contributed by atoms with Gasteiger partial charge in [0.25, 0.3) is 0 Å². The summed E-state index contributed by atoms with van der Waals surface area (Å²) in [7, 11) is 1.71. The summed E-state index contributed by atoms with van der Waals surface area (Å²) in [4.78, 5) is 0. The van der Waals surface area contributed by atoms with E-state index >= 15 is 0 Å². The van der Waals surface area contributed by atoms with Crippen LogP contribution >= 0.6 is 24.4 Å². The third-order valence-electron chi connectivity index (χ3n) is 1.83. The van der Waals surface area contributed by atoms with Crippen molar-refractivity contribution < 1.29 is 0 Å². The molecule has 0 bridgehead atoms. The molecule has 0 aliphatic carbocycles. The van der Waals surface area contributed by atoms with Crippen molar-refractivity contribution in [3.8, 4) is 0 Å². The summed E-state index contributed by atoms with van der Waals surface area (Å²) in [6.45, 7) is 4.73. The highest BCUT2D eigenvalue weighted by molar-refractivity contribution is 7.80. The average molecular weight is 289 g/mol. The molecule has 0 fully saturated rings. The Kier molecular flexibility index (Phi) is 8.97. The molecule has 0 heterocycles. The lowest BCUT2D eigenvalue weighted by atomic mass is 10.3. The Bertz CT molecular complexity index is 351. The van der Waals surface area contributed by atoms with Crippen LogP contribution in [-0.4, -0.2) is 41.8 Å². The van der Waals surface area contributed by atoms with Gasteiger partial charge in [0.15, 0.2) is 10.2 Å². The smallest absolute Gasteiger partial charge is 0.187 e. The SMILES string of the molecule is CNC(=S)N/N=C(C)/C(C)=N\NC(=S)NCCN. The maximum absolute atomic E-state index is 5.33. The van der Waals surface area contributed by atoms with Crippen molar-refractivity contribution in [2.75, 3.05) is 20.1 Å². The van der Waals surface area contributed by atoms with Crippen LogP contribution in [0.25, 0.3) is 0 Å². The summed E-state index contributed by atoms with van der Waals surface area (Å²) in [5, 5.41) is 14.6. The molecule has 0 spiro atoms. The fraction of sp³-hybridized carbons (Fsp3) is 0.556. The van der Waals surface area contributed by atoms with Gasteiger partial charge in [0.2, 0.25) is 0 Å². The normalized spacial score (nSPS) is 11.8. The zero-order valence-corrected chi connectivity index (χ0v) is 12.3. The minimum atomic E-state index is 0.423. The summed E-state index contributed by atoms with van der Waals surface area (Å²) < 4.78 is 0. The molecule has 0 rings (SSSR count). The quantitative estimate of drug-likeness (QED) is 0.258. The van der Waals surface area contributed by atoms with Gasteiger partial charge in [-0.2, -0.15) is 10.2 Å². The van der Waals surface area contributed by atoms with Gasteiger partial charge in [-0.15, -0.1) is 0 Å². The van der Waals surface area contributed by atoms with Crippen molar-refractivity contribution in [1.82, 2.24) is 21.5 Å². The molecule has 0 aliphatic heterocycles. The molecule has 0 aromatic rings. The lowest BCUT2D eigenvalue weighted by Gasteiger charge is -2.07. The van der Waals surface area contributed by atoms with Crippen LogP contribution in [0.2, 0.25) is 0 Å². The largest absolute Gasteiger partial charge is 0.364 e. The Hall–Kier alpha value is -1.32. The standard InChI is InChI=1S/C9H19N7S2/c1-6(13-15-8(17)11-3)7(2)14-16-9(18)12-5-4-10/h4-5,10H2,1-3H3,(H2,11,15,17)(H2,12,16,18)/b13-6+,14-7-. The van der Waals surface area contributed by atoms with E-state index in [1.165, 1.54) is 0 Å².